The first-order valence-electron chi connectivity index (χ1n) is 7.26. The Hall–Kier alpha value is -1.42. The van der Waals surface area contributed by atoms with E-state index in [0.717, 1.165) is 19.5 Å². The van der Waals surface area contributed by atoms with Crippen LogP contribution in [0.25, 0.3) is 0 Å². The summed E-state index contributed by atoms with van der Waals surface area (Å²) in [5, 5.41) is 0. The lowest BCUT2D eigenvalue weighted by Gasteiger charge is -2.31. The lowest BCUT2D eigenvalue weighted by molar-refractivity contribution is -0.132. The van der Waals surface area contributed by atoms with E-state index in [0.29, 0.717) is 24.6 Å². The molecule has 0 saturated carbocycles. The van der Waals surface area contributed by atoms with Crippen LogP contribution in [-0.4, -0.2) is 42.4 Å². The SMILES string of the molecule is CC1CCCN(CC(=O)N(C)Cc2ccccc2F)C1. The molecule has 1 saturated heterocycles. The van der Waals surface area contributed by atoms with Gasteiger partial charge in [0.2, 0.25) is 5.91 Å². The van der Waals surface area contributed by atoms with Crippen LogP contribution >= 0.6 is 0 Å². The van der Waals surface area contributed by atoms with E-state index in [-0.39, 0.29) is 11.7 Å². The van der Waals surface area contributed by atoms with Crippen molar-refractivity contribution in [2.75, 3.05) is 26.7 Å². The minimum absolute atomic E-state index is 0.0577. The summed E-state index contributed by atoms with van der Waals surface area (Å²) >= 11 is 0. The summed E-state index contributed by atoms with van der Waals surface area (Å²) in [5.74, 6) is 0.467. The molecule has 4 heteroatoms. The second-order valence-corrected chi connectivity index (χ2v) is 5.82. The number of carbonyl (C=O) groups excluding carboxylic acids is 1. The van der Waals surface area contributed by atoms with Crippen LogP contribution in [0.15, 0.2) is 24.3 Å². The average Bonchev–Trinajstić information content (AvgIpc) is 2.41. The van der Waals surface area contributed by atoms with Crippen molar-refractivity contribution in [3.63, 3.8) is 0 Å². The number of hydrogen-bond donors (Lipinski definition) is 0. The quantitative estimate of drug-likeness (QED) is 0.845. The van der Waals surface area contributed by atoms with Gasteiger partial charge in [-0.25, -0.2) is 4.39 Å². The van der Waals surface area contributed by atoms with Gasteiger partial charge in [-0.1, -0.05) is 25.1 Å². The Labute approximate surface area is 120 Å². The van der Waals surface area contributed by atoms with E-state index in [1.807, 2.05) is 0 Å². The summed E-state index contributed by atoms with van der Waals surface area (Å²) in [5.41, 5.74) is 0.565. The highest BCUT2D eigenvalue weighted by Gasteiger charge is 2.20. The Morgan fingerprint density at radius 3 is 2.90 bits per heavy atom. The zero-order valence-electron chi connectivity index (χ0n) is 12.3. The summed E-state index contributed by atoms with van der Waals surface area (Å²) in [6, 6.07) is 6.61. The number of hydrogen-bond acceptors (Lipinski definition) is 2. The third-order valence-corrected chi connectivity index (χ3v) is 3.89. The van der Waals surface area contributed by atoms with Crippen LogP contribution < -0.4 is 0 Å². The van der Waals surface area contributed by atoms with Gasteiger partial charge in [-0.3, -0.25) is 9.69 Å². The van der Waals surface area contributed by atoms with Gasteiger partial charge in [0, 0.05) is 25.7 Å². The summed E-state index contributed by atoms with van der Waals surface area (Å²) in [4.78, 5) is 16.0. The highest BCUT2D eigenvalue weighted by molar-refractivity contribution is 5.78. The van der Waals surface area contributed by atoms with Gasteiger partial charge in [-0.05, 0) is 31.4 Å². The Bertz CT molecular complexity index is 464. The molecule has 0 N–H and O–H groups in total. The third kappa shape index (κ3) is 4.04. The van der Waals surface area contributed by atoms with Crippen molar-refractivity contribution in [2.45, 2.75) is 26.3 Å². The van der Waals surface area contributed by atoms with Crippen LogP contribution in [0.4, 0.5) is 4.39 Å². The molecule has 110 valence electrons. The van der Waals surface area contributed by atoms with Crippen LogP contribution in [0.5, 0.6) is 0 Å². The van der Waals surface area contributed by atoms with Crippen molar-refractivity contribution in [1.82, 2.24) is 9.80 Å². The summed E-state index contributed by atoms with van der Waals surface area (Å²) in [6.45, 7) is 4.97. The molecule has 1 atom stereocenters. The molecule has 1 fully saturated rings. The Kier molecular flexibility index (Phi) is 5.12. The molecule has 1 aromatic carbocycles. The molecule has 2 rings (SSSR count). The smallest absolute Gasteiger partial charge is 0.236 e. The van der Waals surface area contributed by atoms with Gasteiger partial charge in [0.1, 0.15) is 5.82 Å². The maximum atomic E-state index is 13.6. The van der Waals surface area contributed by atoms with E-state index in [2.05, 4.69) is 11.8 Å². The van der Waals surface area contributed by atoms with Gasteiger partial charge in [0.25, 0.3) is 0 Å². The van der Waals surface area contributed by atoms with Gasteiger partial charge < -0.3 is 4.90 Å². The first kappa shape index (κ1) is 15.0. The lowest BCUT2D eigenvalue weighted by Crippen LogP contribution is -2.42. The van der Waals surface area contributed by atoms with Crippen molar-refractivity contribution < 1.29 is 9.18 Å². The van der Waals surface area contributed by atoms with Crippen molar-refractivity contribution in [1.29, 1.82) is 0 Å². The maximum Gasteiger partial charge on any atom is 0.236 e. The molecule has 3 nitrogen and oxygen atoms in total. The monoisotopic (exact) mass is 278 g/mol. The highest BCUT2D eigenvalue weighted by Crippen LogP contribution is 2.15. The predicted octanol–water partition coefficient (Wildman–Crippen LogP) is 2.52. The number of piperidine rings is 1. The van der Waals surface area contributed by atoms with E-state index in [4.69, 9.17) is 0 Å². The van der Waals surface area contributed by atoms with Gasteiger partial charge >= 0.3 is 0 Å². The fourth-order valence-corrected chi connectivity index (χ4v) is 2.71. The van der Waals surface area contributed by atoms with Crippen LogP contribution in [-0.2, 0) is 11.3 Å². The first-order chi connectivity index (χ1) is 9.56. The summed E-state index contributed by atoms with van der Waals surface area (Å²) in [6.07, 6.45) is 2.40. The molecule has 1 aliphatic rings. The normalized spacial score (nSPS) is 19.9. The van der Waals surface area contributed by atoms with E-state index in [1.54, 1.807) is 30.1 Å². The van der Waals surface area contributed by atoms with E-state index < -0.39 is 0 Å². The zero-order valence-corrected chi connectivity index (χ0v) is 12.3. The minimum atomic E-state index is -0.251. The van der Waals surface area contributed by atoms with Crippen LogP contribution in [0.3, 0.4) is 0 Å². The summed E-state index contributed by atoms with van der Waals surface area (Å²) < 4.78 is 13.6. The third-order valence-electron chi connectivity index (χ3n) is 3.89. The van der Waals surface area contributed by atoms with E-state index >= 15 is 0 Å². The largest absolute Gasteiger partial charge is 0.340 e. The zero-order chi connectivity index (χ0) is 14.5. The Balaban J connectivity index is 1.87. The molecular weight excluding hydrogens is 255 g/mol. The van der Waals surface area contributed by atoms with Crippen molar-refractivity contribution in [2.24, 2.45) is 5.92 Å². The average molecular weight is 278 g/mol. The van der Waals surface area contributed by atoms with E-state index in [1.165, 1.54) is 12.5 Å². The molecule has 0 radical (unpaired) electrons. The molecule has 0 spiro atoms. The molecular formula is C16H23FN2O. The number of likely N-dealkylation sites (tertiary alicyclic amines) is 1. The van der Waals surface area contributed by atoms with Crippen molar-refractivity contribution in [3.8, 4) is 0 Å². The number of amides is 1. The molecule has 1 amide bonds. The Morgan fingerprint density at radius 1 is 1.45 bits per heavy atom. The van der Waals surface area contributed by atoms with Crippen LogP contribution in [0.1, 0.15) is 25.3 Å². The molecule has 0 aliphatic carbocycles. The topological polar surface area (TPSA) is 23.6 Å². The molecule has 0 aromatic heterocycles. The molecule has 20 heavy (non-hydrogen) atoms. The van der Waals surface area contributed by atoms with Gasteiger partial charge in [-0.2, -0.15) is 0 Å². The maximum absolute atomic E-state index is 13.6. The van der Waals surface area contributed by atoms with Crippen molar-refractivity contribution >= 4 is 5.91 Å². The molecule has 1 aromatic rings. The van der Waals surface area contributed by atoms with Gasteiger partial charge in [0.05, 0.1) is 6.54 Å². The van der Waals surface area contributed by atoms with Crippen LogP contribution in [0.2, 0.25) is 0 Å². The number of halogens is 1. The summed E-state index contributed by atoms with van der Waals surface area (Å²) in [7, 11) is 1.74. The number of rotatable bonds is 4. The first-order valence-corrected chi connectivity index (χ1v) is 7.26. The standard InChI is InChI=1S/C16H23FN2O/c1-13-6-5-9-19(10-13)12-16(20)18(2)11-14-7-3-4-8-15(14)17/h3-4,7-8,13H,5-6,9-12H2,1-2H3. The van der Waals surface area contributed by atoms with Gasteiger partial charge in [-0.15, -0.1) is 0 Å². The van der Waals surface area contributed by atoms with Crippen LogP contribution in [0, 0.1) is 11.7 Å². The highest BCUT2D eigenvalue weighted by atomic mass is 19.1. The molecule has 1 heterocycles. The van der Waals surface area contributed by atoms with Gasteiger partial charge in [0.15, 0.2) is 0 Å². The minimum Gasteiger partial charge on any atom is -0.340 e. The fourth-order valence-electron chi connectivity index (χ4n) is 2.71. The van der Waals surface area contributed by atoms with Crippen molar-refractivity contribution in [3.05, 3.63) is 35.6 Å². The molecule has 1 aliphatic heterocycles. The molecule has 0 bridgehead atoms. The number of benzene rings is 1. The molecule has 1 unspecified atom stereocenters. The second-order valence-electron chi connectivity index (χ2n) is 5.82. The fraction of sp³-hybridized carbons (Fsp3) is 0.562. The number of likely N-dealkylation sites (N-methyl/N-ethyl adjacent to an activating group) is 1. The second kappa shape index (κ2) is 6.84. The lowest BCUT2D eigenvalue weighted by atomic mass is 10.0. The number of carbonyl (C=O) groups is 1. The van der Waals surface area contributed by atoms with E-state index in [9.17, 15) is 9.18 Å². The predicted molar refractivity (Wildman–Crippen MR) is 77.7 cm³/mol. The Morgan fingerprint density at radius 2 is 2.20 bits per heavy atom. The number of nitrogens with zero attached hydrogens (tertiary/aromatic N) is 2.